The minimum atomic E-state index is -4.45. The molecule has 0 radical (unpaired) electrons. The molecule has 0 heterocycles. The normalized spacial score (nSPS) is 14.5. The third kappa shape index (κ3) is 3.16. The molecule has 0 spiro atoms. The molecule has 0 aliphatic carbocycles. The van der Waals surface area contributed by atoms with Gasteiger partial charge >= 0.3 is 13.0 Å². The Morgan fingerprint density at radius 2 is 1.53 bits per heavy atom. The Hall–Kier alpha value is -0.490. The molecule has 0 amide bonds. The third-order valence-electron chi connectivity index (χ3n) is 3.03. The number of hydrogen-bond donors (Lipinski definition) is 2. The minimum absolute atomic E-state index is 0.235. The van der Waals surface area contributed by atoms with E-state index in [-0.39, 0.29) is 11.5 Å². The molecule has 1 aromatic rings. The zero-order valence-electron chi connectivity index (χ0n) is 10.5. The summed E-state index contributed by atoms with van der Waals surface area (Å²) < 4.78 is 49.1. The molecule has 0 saturated carbocycles. The first-order valence-corrected chi connectivity index (χ1v) is 9.79. The number of alkyl halides is 3. The number of halogens is 3. The van der Waals surface area contributed by atoms with Gasteiger partial charge in [-0.1, -0.05) is 13.8 Å². The monoisotopic (exact) mass is 316 g/mol. The van der Waals surface area contributed by atoms with Crippen LogP contribution in [0.15, 0.2) is 29.2 Å². The molecule has 2 N–H and O–H groups in total. The van der Waals surface area contributed by atoms with Crippen LogP contribution in [-0.4, -0.2) is 21.3 Å². The SMILES string of the molecule is CCS(CC)(c1ccc(C(F)(F)F)cc1)P(=O)(O)O. The molecule has 0 aliphatic heterocycles. The molecular formula is C11H16F3O3PS. The Kier molecular flexibility index (Phi) is 4.78. The van der Waals surface area contributed by atoms with E-state index in [9.17, 15) is 27.5 Å². The molecule has 3 nitrogen and oxygen atoms in total. The highest BCUT2D eigenvalue weighted by atomic mass is 32.8. The molecule has 19 heavy (non-hydrogen) atoms. The molecule has 0 fully saturated rings. The largest absolute Gasteiger partial charge is 0.416 e. The zero-order valence-corrected chi connectivity index (χ0v) is 12.2. The van der Waals surface area contributed by atoms with Crippen molar-refractivity contribution in [3.8, 4) is 0 Å². The van der Waals surface area contributed by atoms with E-state index in [1.807, 2.05) is 0 Å². The summed E-state index contributed by atoms with van der Waals surface area (Å²) in [6, 6.07) is 4.12. The minimum Gasteiger partial charge on any atom is -0.317 e. The molecule has 110 valence electrons. The summed E-state index contributed by atoms with van der Waals surface area (Å²) in [5.41, 5.74) is -0.817. The van der Waals surface area contributed by atoms with E-state index in [2.05, 4.69) is 0 Å². The Morgan fingerprint density at radius 1 is 1.11 bits per heavy atom. The van der Waals surface area contributed by atoms with E-state index in [0.717, 1.165) is 12.1 Å². The summed E-state index contributed by atoms with van der Waals surface area (Å²) in [7, 11) is -2.43. The van der Waals surface area contributed by atoms with Gasteiger partial charge in [0.1, 0.15) is 0 Å². The first kappa shape index (κ1) is 16.6. The third-order valence-corrected chi connectivity index (χ3v) is 11.9. The summed E-state index contributed by atoms with van der Waals surface area (Å²) in [6.45, 7) is -1.09. The van der Waals surface area contributed by atoms with Gasteiger partial charge in [0.05, 0.1) is 5.56 Å². The molecule has 0 bridgehead atoms. The summed E-state index contributed by atoms with van der Waals surface area (Å²) in [4.78, 5) is 19.4. The van der Waals surface area contributed by atoms with Crippen LogP contribution in [-0.2, 0) is 10.7 Å². The number of benzene rings is 1. The van der Waals surface area contributed by atoms with Crippen molar-refractivity contribution in [2.75, 3.05) is 11.5 Å². The second kappa shape index (κ2) is 5.48. The van der Waals surface area contributed by atoms with Crippen LogP contribution in [0.5, 0.6) is 0 Å². The van der Waals surface area contributed by atoms with Crippen LogP contribution in [0.1, 0.15) is 19.4 Å². The predicted octanol–water partition coefficient (Wildman–Crippen LogP) is 4.00. The summed E-state index contributed by atoms with van der Waals surface area (Å²) in [6.07, 6.45) is -4.45. The quantitative estimate of drug-likeness (QED) is 0.826. The lowest BCUT2D eigenvalue weighted by molar-refractivity contribution is -0.137. The van der Waals surface area contributed by atoms with Crippen LogP contribution < -0.4 is 0 Å². The first-order valence-electron chi connectivity index (χ1n) is 5.60. The van der Waals surface area contributed by atoms with Crippen molar-refractivity contribution in [1.29, 1.82) is 0 Å². The van der Waals surface area contributed by atoms with Crippen LogP contribution in [0, 0.1) is 0 Å². The topological polar surface area (TPSA) is 57.5 Å². The molecule has 0 atom stereocenters. The summed E-state index contributed by atoms with van der Waals surface area (Å²) >= 11 is 0. The average molecular weight is 316 g/mol. The zero-order chi connectivity index (χ0) is 14.9. The van der Waals surface area contributed by atoms with Gasteiger partial charge in [-0.2, -0.15) is 13.2 Å². The van der Waals surface area contributed by atoms with Crippen molar-refractivity contribution in [2.45, 2.75) is 24.9 Å². The van der Waals surface area contributed by atoms with Crippen LogP contribution in [0.25, 0.3) is 0 Å². The maximum Gasteiger partial charge on any atom is 0.416 e. The molecule has 0 aromatic heterocycles. The van der Waals surface area contributed by atoms with Gasteiger partial charge in [-0.3, -0.25) is 0 Å². The Labute approximate surface area is 111 Å². The molecular weight excluding hydrogens is 300 g/mol. The van der Waals surface area contributed by atoms with Crippen molar-refractivity contribution < 1.29 is 27.5 Å². The molecule has 1 rings (SSSR count). The maximum atomic E-state index is 12.5. The van der Waals surface area contributed by atoms with E-state index in [1.165, 1.54) is 12.1 Å². The van der Waals surface area contributed by atoms with Crippen molar-refractivity contribution in [3.63, 3.8) is 0 Å². The van der Waals surface area contributed by atoms with Gasteiger partial charge in [-0.25, -0.2) is 4.57 Å². The average Bonchev–Trinajstić information content (AvgIpc) is 2.29. The highest BCUT2D eigenvalue weighted by Gasteiger charge is 2.40. The lowest BCUT2D eigenvalue weighted by Gasteiger charge is -2.38. The fourth-order valence-corrected chi connectivity index (χ4v) is 7.78. The molecule has 0 unspecified atom stereocenters. The smallest absolute Gasteiger partial charge is 0.317 e. The van der Waals surface area contributed by atoms with Crippen LogP contribution in [0.2, 0.25) is 0 Å². The van der Waals surface area contributed by atoms with Gasteiger partial charge in [-0.15, -0.1) is 9.65 Å². The van der Waals surface area contributed by atoms with Crippen LogP contribution in [0.3, 0.4) is 0 Å². The number of rotatable bonds is 4. The summed E-state index contributed by atoms with van der Waals surface area (Å²) in [5, 5.41) is 0. The van der Waals surface area contributed by atoms with Crippen LogP contribution in [0.4, 0.5) is 13.2 Å². The van der Waals surface area contributed by atoms with E-state index < -0.39 is 28.2 Å². The van der Waals surface area contributed by atoms with Gasteiger partial charge < -0.3 is 9.79 Å². The molecule has 1 aromatic carbocycles. The molecule has 8 heteroatoms. The highest BCUT2D eigenvalue weighted by molar-refractivity contribution is 8.76. The van der Waals surface area contributed by atoms with E-state index in [1.54, 1.807) is 13.8 Å². The predicted molar refractivity (Wildman–Crippen MR) is 70.4 cm³/mol. The van der Waals surface area contributed by atoms with E-state index in [4.69, 9.17) is 0 Å². The van der Waals surface area contributed by atoms with Crippen molar-refractivity contribution >= 4 is 16.4 Å². The fourth-order valence-electron chi connectivity index (χ4n) is 1.91. The lowest BCUT2D eigenvalue weighted by Crippen LogP contribution is -2.09. The van der Waals surface area contributed by atoms with Gasteiger partial charge in [0.15, 0.2) is 0 Å². The van der Waals surface area contributed by atoms with E-state index in [0.29, 0.717) is 4.90 Å². The van der Waals surface area contributed by atoms with E-state index >= 15 is 0 Å². The fraction of sp³-hybridized carbons (Fsp3) is 0.455. The van der Waals surface area contributed by atoms with Crippen molar-refractivity contribution in [1.82, 2.24) is 0 Å². The van der Waals surface area contributed by atoms with Gasteiger partial charge in [0, 0.05) is 4.90 Å². The summed E-state index contributed by atoms with van der Waals surface area (Å²) in [5.74, 6) is 0.471. The standard InChI is InChI=1S/C11H16F3O3PS/c1-3-19(4-2,18(15,16)17)10-7-5-9(6-8-10)11(12,13)14/h5-8H,3-4H2,1-2H3,(H2,15,16,17). The lowest BCUT2D eigenvalue weighted by atomic mass is 10.2. The highest BCUT2D eigenvalue weighted by Crippen LogP contribution is 2.80. The van der Waals surface area contributed by atoms with Crippen LogP contribution >= 0.6 is 16.4 Å². The second-order valence-corrected chi connectivity index (χ2v) is 11.7. The van der Waals surface area contributed by atoms with Crippen molar-refractivity contribution in [3.05, 3.63) is 29.8 Å². The van der Waals surface area contributed by atoms with Gasteiger partial charge in [0.25, 0.3) is 0 Å². The van der Waals surface area contributed by atoms with Gasteiger partial charge in [0.2, 0.25) is 0 Å². The number of hydrogen-bond acceptors (Lipinski definition) is 1. The van der Waals surface area contributed by atoms with Gasteiger partial charge in [-0.05, 0) is 35.8 Å². The Balaban J connectivity index is 3.31. The second-order valence-electron chi connectivity index (χ2n) is 3.93. The Bertz CT molecular complexity index is 477. The Morgan fingerprint density at radius 3 is 1.79 bits per heavy atom. The maximum absolute atomic E-state index is 12.5. The molecule has 0 saturated heterocycles. The van der Waals surface area contributed by atoms with Crippen molar-refractivity contribution in [2.24, 2.45) is 0 Å². The molecule has 0 aliphatic rings. The first-order chi connectivity index (χ1) is 8.58.